The third kappa shape index (κ3) is 13.6. The molecule has 0 saturated carbocycles. The molecule has 6 N–H and O–H groups in total. The SMILES string of the molecule is CC[C@H](C)[C@H](NC(=O)[C@H](Cc1ccccc1)NC(=O)OCC1c2ccccc2-c2ccccc21)C(=O)N[C@@H](C)C(=O)N[C@@H](Cc1cn(C(=O)OC(C)(C)C)c2ccccc12)C(=O)N[C@@H](CC(C)C)C(=O)O. The zero-order valence-electron chi connectivity index (χ0n) is 41.6. The lowest BCUT2D eigenvalue weighted by Crippen LogP contribution is -2.60. The molecular formula is C55H66N6O10. The summed E-state index contributed by atoms with van der Waals surface area (Å²) in [6.45, 7) is 13.9. The maximum Gasteiger partial charge on any atom is 0.419 e. The maximum absolute atomic E-state index is 14.3. The summed E-state index contributed by atoms with van der Waals surface area (Å²) in [5.41, 5.74) is 5.09. The highest BCUT2D eigenvalue weighted by molar-refractivity contribution is 5.97. The van der Waals surface area contributed by atoms with Crippen LogP contribution in [-0.2, 0) is 46.3 Å². The molecule has 5 amide bonds. The molecule has 1 heterocycles. The topological polar surface area (TPSA) is 223 Å². The Balaban J connectivity index is 1.18. The van der Waals surface area contributed by atoms with E-state index in [0.29, 0.717) is 22.9 Å². The second kappa shape index (κ2) is 23.4. The number of fused-ring (bicyclic) bond motifs is 4. The van der Waals surface area contributed by atoms with E-state index in [9.17, 15) is 38.7 Å². The largest absolute Gasteiger partial charge is 0.480 e. The highest BCUT2D eigenvalue weighted by atomic mass is 16.6. The molecule has 0 bridgehead atoms. The van der Waals surface area contributed by atoms with Gasteiger partial charge in [0.15, 0.2) is 0 Å². The number of aliphatic carboxylic acids is 1. The van der Waals surface area contributed by atoms with Gasteiger partial charge in [-0.15, -0.1) is 0 Å². The molecular weight excluding hydrogens is 905 g/mol. The van der Waals surface area contributed by atoms with Crippen molar-refractivity contribution in [1.82, 2.24) is 31.2 Å². The molecule has 376 valence electrons. The molecule has 16 heteroatoms. The van der Waals surface area contributed by atoms with Gasteiger partial charge in [0.05, 0.1) is 5.52 Å². The van der Waals surface area contributed by atoms with Crippen molar-refractivity contribution in [3.63, 3.8) is 0 Å². The molecule has 0 radical (unpaired) electrons. The fourth-order valence-electron chi connectivity index (χ4n) is 8.73. The lowest BCUT2D eigenvalue weighted by molar-refractivity contribution is -0.142. The van der Waals surface area contributed by atoms with Crippen LogP contribution < -0.4 is 26.6 Å². The van der Waals surface area contributed by atoms with Crippen LogP contribution in [0.15, 0.2) is 109 Å². The average molecular weight is 971 g/mol. The van der Waals surface area contributed by atoms with Crippen molar-refractivity contribution < 1.29 is 48.1 Å². The van der Waals surface area contributed by atoms with Gasteiger partial charge in [-0.2, -0.15) is 0 Å². The Kier molecular flexibility index (Phi) is 17.4. The molecule has 0 aliphatic heterocycles. The normalized spacial score (nSPS) is 14.7. The average Bonchev–Trinajstić information content (AvgIpc) is 3.86. The summed E-state index contributed by atoms with van der Waals surface area (Å²) in [5, 5.41) is 24.1. The maximum atomic E-state index is 14.3. The number of para-hydroxylation sites is 1. The fraction of sp³-hybridized carbons (Fsp3) is 0.400. The van der Waals surface area contributed by atoms with Crippen LogP contribution in [0.2, 0.25) is 0 Å². The van der Waals surface area contributed by atoms with Crippen LogP contribution in [0.25, 0.3) is 22.0 Å². The molecule has 0 unspecified atom stereocenters. The zero-order valence-corrected chi connectivity index (χ0v) is 41.6. The van der Waals surface area contributed by atoms with Gasteiger partial charge in [0.1, 0.15) is 42.4 Å². The number of amides is 5. The molecule has 4 aromatic carbocycles. The van der Waals surface area contributed by atoms with Gasteiger partial charge in [-0.3, -0.25) is 23.7 Å². The van der Waals surface area contributed by atoms with Gasteiger partial charge in [0.2, 0.25) is 23.6 Å². The fourth-order valence-corrected chi connectivity index (χ4v) is 8.73. The number of benzene rings is 4. The smallest absolute Gasteiger partial charge is 0.419 e. The van der Waals surface area contributed by atoms with Gasteiger partial charge in [-0.05, 0) is 85.4 Å². The van der Waals surface area contributed by atoms with Crippen LogP contribution >= 0.6 is 0 Å². The van der Waals surface area contributed by atoms with Gasteiger partial charge in [-0.25, -0.2) is 14.4 Å². The summed E-state index contributed by atoms with van der Waals surface area (Å²) in [7, 11) is 0. The highest BCUT2D eigenvalue weighted by Crippen LogP contribution is 2.44. The van der Waals surface area contributed by atoms with Crippen molar-refractivity contribution in [3.8, 4) is 11.1 Å². The minimum Gasteiger partial charge on any atom is -0.480 e. The highest BCUT2D eigenvalue weighted by Gasteiger charge is 2.35. The Morgan fingerprint density at radius 1 is 0.648 bits per heavy atom. The molecule has 6 atom stereocenters. The van der Waals surface area contributed by atoms with Gasteiger partial charge in [-0.1, -0.05) is 131 Å². The molecule has 1 aliphatic rings. The summed E-state index contributed by atoms with van der Waals surface area (Å²) < 4.78 is 12.8. The molecule has 71 heavy (non-hydrogen) atoms. The minimum absolute atomic E-state index is 0.0212. The zero-order chi connectivity index (χ0) is 51.6. The number of aromatic nitrogens is 1. The van der Waals surface area contributed by atoms with Crippen LogP contribution in [0.3, 0.4) is 0 Å². The molecule has 0 saturated heterocycles. The van der Waals surface area contributed by atoms with E-state index in [2.05, 4.69) is 26.6 Å². The van der Waals surface area contributed by atoms with Crippen molar-refractivity contribution >= 4 is 52.7 Å². The predicted molar refractivity (Wildman–Crippen MR) is 269 cm³/mol. The Morgan fingerprint density at radius 3 is 1.82 bits per heavy atom. The Morgan fingerprint density at radius 2 is 1.21 bits per heavy atom. The number of carbonyl (C=O) groups excluding carboxylic acids is 6. The number of carbonyl (C=O) groups is 7. The van der Waals surface area contributed by atoms with E-state index in [4.69, 9.17) is 9.47 Å². The standard InChI is InChI=1S/C55H66N6O10/c1-9-33(4)47(60-50(64)43(28-35-19-11-10-12-20-35)59-53(68)70-31-42-40-24-15-13-22-38(40)39-23-14-16-25-41(39)42)51(65)56-34(5)48(62)57-44(49(63)58-45(52(66)67)27-32(2)3)29-36-30-61(54(69)71-55(6,7)8)46-26-18-17-21-37(36)46/h10-26,30,32-34,42-45,47H,9,27-29,31H2,1-8H3,(H,56,65)(H,57,62)(H,58,63)(H,59,68)(H,60,64)(H,66,67)/t33-,34-,43-,44-,45-,47-/m0/s1. The quantitative estimate of drug-likeness (QED) is 0.0458. The van der Waals surface area contributed by atoms with E-state index in [1.54, 1.807) is 52.0 Å². The summed E-state index contributed by atoms with van der Waals surface area (Å²) in [5.74, 6) is -4.93. The van der Waals surface area contributed by atoms with Crippen LogP contribution in [0.4, 0.5) is 9.59 Å². The number of carboxylic acids is 1. The molecule has 5 aromatic rings. The summed E-state index contributed by atoms with van der Waals surface area (Å²) >= 11 is 0. The van der Waals surface area contributed by atoms with Crippen molar-refractivity contribution in [2.45, 2.75) is 123 Å². The van der Waals surface area contributed by atoms with E-state index >= 15 is 0 Å². The summed E-state index contributed by atoms with van der Waals surface area (Å²) in [4.78, 5) is 95.8. The third-order valence-corrected chi connectivity index (χ3v) is 12.5. The minimum atomic E-state index is -1.37. The lowest BCUT2D eigenvalue weighted by Gasteiger charge is -2.28. The molecule has 0 spiro atoms. The lowest BCUT2D eigenvalue weighted by atomic mass is 9.96. The first-order chi connectivity index (χ1) is 33.7. The van der Waals surface area contributed by atoms with Crippen molar-refractivity contribution in [3.05, 3.63) is 132 Å². The second-order valence-electron chi connectivity index (χ2n) is 19.6. The van der Waals surface area contributed by atoms with E-state index in [1.807, 2.05) is 99.6 Å². The Bertz CT molecular complexity index is 2680. The molecule has 6 rings (SSSR count). The van der Waals surface area contributed by atoms with Gasteiger partial charge in [0, 0.05) is 30.3 Å². The summed E-state index contributed by atoms with van der Waals surface area (Å²) in [6.07, 6.45) is 0.505. The summed E-state index contributed by atoms with van der Waals surface area (Å²) in [6, 6.07) is 25.7. The van der Waals surface area contributed by atoms with E-state index in [1.165, 1.54) is 17.7 Å². The molecule has 1 aliphatic carbocycles. The van der Waals surface area contributed by atoms with Gasteiger partial charge >= 0.3 is 18.2 Å². The predicted octanol–water partition coefficient (Wildman–Crippen LogP) is 7.25. The van der Waals surface area contributed by atoms with Gasteiger partial charge in [0.25, 0.3) is 0 Å². The number of alkyl carbamates (subject to hydrolysis) is 1. The first-order valence-corrected chi connectivity index (χ1v) is 24.2. The van der Waals surface area contributed by atoms with E-state index in [-0.39, 0.29) is 37.7 Å². The van der Waals surface area contributed by atoms with Crippen molar-refractivity contribution in [2.24, 2.45) is 11.8 Å². The first kappa shape index (κ1) is 52.9. The number of hydrogen-bond donors (Lipinski definition) is 6. The second-order valence-corrected chi connectivity index (χ2v) is 19.6. The number of nitrogens with zero attached hydrogens (tertiary/aromatic N) is 1. The van der Waals surface area contributed by atoms with Crippen LogP contribution in [-0.4, -0.2) is 93.9 Å². The Labute approximate surface area is 414 Å². The third-order valence-electron chi connectivity index (χ3n) is 12.5. The van der Waals surface area contributed by atoms with E-state index in [0.717, 1.165) is 27.8 Å². The molecule has 0 fully saturated rings. The van der Waals surface area contributed by atoms with Gasteiger partial charge < -0.3 is 41.2 Å². The van der Waals surface area contributed by atoms with Crippen molar-refractivity contribution in [1.29, 1.82) is 0 Å². The number of ether oxygens (including phenoxy) is 2. The number of rotatable bonds is 20. The number of nitrogens with one attached hydrogen (secondary N) is 5. The first-order valence-electron chi connectivity index (χ1n) is 24.2. The van der Waals surface area contributed by atoms with Crippen LogP contribution in [0.1, 0.15) is 96.4 Å². The molecule has 16 nitrogen and oxygen atoms in total. The van der Waals surface area contributed by atoms with Crippen LogP contribution in [0.5, 0.6) is 0 Å². The number of carboxylic acid groups (broad SMARTS) is 1. The monoisotopic (exact) mass is 970 g/mol. The Hall–Kier alpha value is -7.49. The molecule has 1 aromatic heterocycles. The van der Waals surface area contributed by atoms with Crippen LogP contribution in [0, 0.1) is 11.8 Å². The van der Waals surface area contributed by atoms with E-state index < -0.39 is 83.5 Å². The van der Waals surface area contributed by atoms with Crippen molar-refractivity contribution in [2.75, 3.05) is 6.61 Å². The number of hydrogen-bond acceptors (Lipinski definition) is 9.